The third-order valence-corrected chi connectivity index (χ3v) is 23.2. The molecule has 3 fully saturated rings. The van der Waals surface area contributed by atoms with Gasteiger partial charge in [-0.15, -0.1) is 0 Å². The second-order valence-corrected chi connectivity index (χ2v) is 29.7. The summed E-state index contributed by atoms with van der Waals surface area (Å²) in [5, 5.41) is 11.8. The van der Waals surface area contributed by atoms with E-state index >= 15 is 0 Å². The van der Waals surface area contributed by atoms with Gasteiger partial charge in [-0.1, -0.05) is 100 Å². The first kappa shape index (κ1) is 44.1. The number of carbonyl (C=O) groups excluding carboxylic acids is 1. The van der Waals surface area contributed by atoms with E-state index in [1.807, 2.05) is 6.92 Å². The van der Waals surface area contributed by atoms with E-state index in [1.54, 1.807) is 5.57 Å². The molecule has 3 rings (SSSR count). The SMILES string of the molecule is C=C(C(=O)OCC)C(C(C)C)C(O)C[C@@H](C)[C@H]1CC[C@H]2C(=CC=C3C[C@@H](O[Si](C)(C)C(C)(C)C)C[C@H](O[Si](C)(C)C(C)(C)C)C3=C)CCC[C@]12C. The van der Waals surface area contributed by atoms with E-state index in [4.69, 9.17) is 13.6 Å². The van der Waals surface area contributed by atoms with E-state index in [1.165, 1.54) is 31.3 Å². The van der Waals surface area contributed by atoms with Crippen molar-refractivity contribution in [3.05, 3.63) is 47.6 Å². The van der Waals surface area contributed by atoms with Crippen molar-refractivity contribution in [3.8, 4) is 0 Å². The Kier molecular flexibility index (Phi) is 14.4. The molecule has 3 aliphatic rings. The molecule has 7 heteroatoms. The van der Waals surface area contributed by atoms with E-state index in [2.05, 4.69) is 121 Å². The summed E-state index contributed by atoms with van der Waals surface area (Å²) in [6.45, 7) is 43.2. The number of fused-ring (bicyclic) bond motifs is 1. The Bertz CT molecular complexity index is 1310. The number of allylic oxidation sites excluding steroid dienone is 3. The van der Waals surface area contributed by atoms with Crippen LogP contribution in [-0.2, 0) is 18.4 Å². The third-order valence-electron chi connectivity index (χ3n) is 14.1. The van der Waals surface area contributed by atoms with Gasteiger partial charge in [0.15, 0.2) is 16.6 Å². The summed E-state index contributed by atoms with van der Waals surface area (Å²) in [6, 6.07) is 0. The van der Waals surface area contributed by atoms with E-state index in [0.717, 1.165) is 24.8 Å². The van der Waals surface area contributed by atoms with Crippen molar-refractivity contribution < 1.29 is 23.5 Å². The summed E-state index contributed by atoms with van der Waals surface area (Å²) in [5.74, 6) is 0.806. The van der Waals surface area contributed by atoms with Gasteiger partial charge in [0, 0.05) is 17.9 Å². The second kappa shape index (κ2) is 16.6. The maximum atomic E-state index is 12.6. The van der Waals surface area contributed by atoms with Crippen molar-refractivity contribution in [3.63, 3.8) is 0 Å². The molecule has 1 N–H and O–H groups in total. The van der Waals surface area contributed by atoms with Gasteiger partial charge in [-0.2, -0.15) is 0 Å². The fraction of sp³-hybridized carbons (Fsp3) is 0.795. The highest BCUT2D eigenvalue weighted by atomic mass is 28.4. The quantitative estimate of drug-likeness (QED) is 0.116. The zero-order chi connectivity index (χ0) is 38.9. The van der Waals surface area contributed by atoms with Crippen LogP contribution in [0.3, 0.4) is 0 Å². The van der Waals surface area contributed by atoms with Crippen LogP contribution in [-0.4, -0.2) is 52.6 Å². The van der Waals surface area contributed by atoms with Crippen LogP contribution in [0.5, 0.6) is 0 Å². The molecule has 8 atom stereocenters. The van der Waals surface area contributed by atoms with Gasteiger partial charge in [-0.05, 0) is 128 Å². The summed E-state index contributed by atoms with van der Waals surface area (Å²) in [6.07, 6.45) is 12.7. The number of carbonyl (C=O) groups is 1. The Morgan fingerprint density at radius 2 is 1.59 bits per heavy atom. The lowest BCUT2D eigenvalue weighted by molar-refractivity contribution is -0.140. The molecular formula is C44H78O5Si2. The van der Waals surface area contributed by atoms with E-state index in [9.17, 15) is 9.90 Å². The average molecular weight is 743 g/mol. The minimum atomic E-state index is -2.02. The number of hydrogen-bond acceptors (Lipinski definition) is 5. The number of aliphatic hydroxyl groups excluding tert-OH is 1. The Morgan fingerprint density at radius 1 is 1.00 bits per heavy atom. The van der Waals surface area contributed by atoms with E-state index in [-0.39, 0.29) is 45.5 Å². The molecule has 0 radical (unpaired) electrons. The van der Waals surface area contributed by atoms with Gasteiger partial charge in [-0.25, -0.2) is 4.79 Å². The van der Waals surface area contributed by atoms with E-state index < -0.39 is 22.7 Å². The van der Waals surface area contributed by atoms with Gasteiger partial charge < -0.3 is 18.7 Å². The number of hydrogen-bond donors (Lipinski definition) is 1. The van der Waals surface area contributed by atoms with Crippen LogP contribution in [0.25, 0.3) is 0 Å². The molecule has 0 aliphatic heterocycles. The summed E-state index contributed by atoms with van der Waals surface area (Å²) >= 11 is 0. The van der Waals surface area contributed by atoms with Gasteiger partial charge in [0.25, 0.3) is 0 Å². The molecule has 0 heterocycles. The lowest BCUT2D eigenvalue weighted by Crippen LogP contribution is -2.49. The summed E-state index contributed by atoms with van der Waals surface area (Å²) < 4.78 is 19.5. The molecule has 3 saturated carbocycles. The fourth-order valence-corrected chi connectivity index (χ4v) is 11.8. The molecule has 0 spiro atoms. The monoisotopic (exact) mass is 743 g/mol. The van der Waals surface area contributed by atoms with Crippen molar-refractivity contribution >= 4 is 22.6 Å². The van der Waals surface area contributed by atoms with Crippen LogP contribution in [0.15, 0.2) is 47.6 Å². The number of aliphatic hydroxyl groups is 1. The molecule has 0 aromatic rings. The zero-order valence-corrected chi connectivity index (χ0v) is 37.6. The third kappa shape index (κ3) is 10.1. The molecule has 0 amide bonds. The molecule has 0 aromatic carbocycles. The molecule has 0 saturated heterocycles. The van der Waals surface area contributed by atoms with Crippen molar-refractivity contribution in [2.75, 3.05) is 6.61 Å². The highest BCUT2D eigenvalue weighted by molar-refractivity contribution is 6.74. The van der Waals surface area contributed by atoms with Gasteiger partial charge in [0.05, 0.1) is 24.9 Å². The van der Waals surface area contributed by atoms with Crippen LogP contribution in [0.1, 0.15) is 128 Å². The van der Waals surface area contributed by atoms with Crippen molar-refractivity contribution in [2.24, 2.45) is 35.0 Å². The van der Waals surface area contributed by atoms with Gasteiger partial charge >= 0.3 is 5.97 Å². The molecule has 0 bridgehead atoms. The molecule has 2 unspecified atom stereocenters. The first-order valence-corrected chi connectivity index (χ1v) is 26.1. The van der Waals surface area contributed by atoms with Crippen LogP contribution in [0.4, 0.5) is 0 Å². The lowest BCUT2D eigenvalue weighted by Gasteiger charge is -2.46. The second-order valence-electron chi connectivity index (χ2n) is 20.2. The van der Waals surface area contributed by atoms with Crippen LogP contribution in [0, 0.1) is 35.0 Å². The maximum absolute atomic E-state index is 12.6. The van der Waals surface area contributed by atoms with Crippen molar-refractivity contribution in [2.45, 2.75) is 182 Å². The molecule has 0 aromatic heterocycles. The molecule has 292 valence electrons. The molecular weight excluding hydrogens is 665 g/mol. The predicted molar refractivity (Wildman–Crippen MR) is 221 cm³/mol. The fourth-order valence-electron chi connectivity index (χ4n) is 9.11. The van der Waals surface area contributed by atoms with Crippen LogP contribution < -0.4 is 0 Å². The zero-order valence-electron chi connectivity index (χ0n) is 35.6. The first-order valence-electron chi connectivity index (χ1n) is 20.3. The van der Waals surface area contributed by atoms with Gasteiger partial charge in [0.1, 0.15) is 0 Å². The predicted octanol–water partition coefficient (Wildman–Crippen LogP) is 12.0. The highest BCUT2D eigenvalue weighted by Gasteiger charge is 2.51. The van der Waals surface area contributed by atoms with Gasteiger partial charge in [0.2, 0.25) is 0 Å². The normalized spacial score (nSPS) is 30.0. The van der Waals surface area contributed by atoms with Crippen molar-refractivity contribution in [1.29, 1.82) is 0 Å². The summed E-state index contributed by atoms with van der Waals surface area (Å²) in [7, 11) is -4.00. The van der Waals surface area contributed by atoms with Crippen LogP contribution in [0.2, 0.25) is 36.3 Å². The summed E-state index contributed by atoms with van der Waals surface area (Å²) in [4.78, 5) is 12.6. The summed E-state index contributed by atoms with van der Waals surface area (Å²) in [5.41, 5.74) is 4.60. The Labute approximate surface area is 316 Å². The molecule has 5 nitrogen and oxygen atoms in total. The van der Waals surface area contributed by atoms with Crippen LogP contribution >= 0.6 is 0 Å². The largest absolute Gasteiger partial charge is 0.463 e. The number of ether oxygens (including phenoxy) is 1. The Balaban J connectivity index is 1.87. The standard InChI is InChI=1S/C44H78O5Si2/c1-18-47-41(46)32(6)40(29(2)3)38(45)26-30(4)36-23-24-37-33(20-19-25-44(36,37)13)21-22-34-27-35(48-50(14,15)42(7,8)9)28-39(31(34)5)49-51(16,17)43(10,11)12/h21-22,29-30,35-40,45H,5-6,18-20,23-28H2,1-4,7-17H3/t30-,35-,36-,37+,38?,39+,40?,44-/m1/s1. The first-order chi connectivity index (χ1) is 23.3. The van der Waals surface area contributed by atoms with E-state index in [0.29, 0.717) is 36.4 Å². The minimum Gasteiger partial charge on any atom is -0.463 e. The Morgan fingerprint density at radius 3 is 2.14 bits per heavy atom. The molecule has 3 aliphatic carbocycles. The average Bonchev–Trinajstić information content (AvgIpc) is 3.34. The number of rotatable bonds is 13. The minimum absolute atomic E-state index is 0.0200. The van der Waals surface area contributed by atoms with Crippen molar-refractivity contribution in [1.82, 2.24) is 0 Å². The highest BCUT2D eigenvalue weighted by Crippen LogP contribution is 2.60. The number of esters is 1. The topological polar surface area (TPSA) is 65.0 Å². The van der Waals surface area contributed by atoms with Gasteiger partial charge in [-0.3, -0.25) is 0 Å². The molecule has 51 heavy (non-hydrogen) atoms. The maximum Gasteiger partial charge on any atom is 0.333 e. The lowest BCUT2D eigenvalue weighted by atomic mass is 9.60. The smallest absolute Gasteiger partial charge is 0.333 e. The Hall–Kier alpha value is -1.26.